The topological polar surface area (TPSA) is 91.8 Å². The van der Waals surface area contributed by atoms with E-state index in [1.165, 1.54) is 11.3 Å². The molecule has 8 heteroatoms. The molecule has 0 spiro atoms. The lowest BCUT2D eigenvalue weighted by atomic mass is 9.97. The van der Waals surface area contributed by atoms with Crippen molar-refractivity contribution < 1.29 is 19.4 Å². The van der Waals surface area contributed by atoms with Crippen LogP contribution in [-0.4, -0.2) is 39.9 Å². The van der Waals surface area contributed by atoms with Gasteiger partial charge in [-0.15, -0.1) is 11.3 Å². The summed E-state index contributed by atoms with van der Waals surface area (Å²) in [4.78, 5) is 32.7. The van der Waals surface area contributed by atoms with E-state index in [2.05, 4.69) is 10.3 Å². The van der Waals surface area contributed by atoms with Gasteiger partial charge in [0.05, 0.1) is 10.6 Å². The number of hydrogen-bond donors (Lipinski definition) is 2. The Labute approximate surface area is 232 Å². The molecule has 2 N–H and O–H groups in total. The van der Waals surface area contributed by atoms with Crippen molar-refractivity contribution in [3.63, 3.8) is 0 Å². The summed E-state index contributed by atoms with van der Waals surface area (Å²) in [5, 5.41) is 15.5. The highest BCUT2D eigenvalue weighted by Gasteiger charge is 2.28. The SMILES string of the molecule is Cc1c(O)ccc(NC(=O)c2csc(C3CCN(C(=O)c4ccccc4OCc4ccccc4)CC3)n2)c1C. The van der Waals surface area contributed by atoms with Crippen LogP contribution in [0.2, 0.25) is 0 Å². The van der Waals surface area contributed by atoms with Gasteiger partial charge in [-0.1, -0.05) is 42.5 Å². The van der Waals surface area contributed by atoms with Gasteiger partial charge in [0.1, 0.15) is 23.8 Å². The van der Waals surface area contributed by atoms with E-state index < -0.39 is 0 Å². The lowest BCUT2D eigenvalue weighted by Crippen LogP contribution is -2.38. The van der Waals surface area contributed by atoms with Crippen molar-refractivity contribution >= 4 is 28.8 Å². The zero-order valence-electron chi connectivity index (χ0n) is 22.0. The normalized spacial score (nSPS) is 13.7. The molecule has 7 nitrogen and oxygen atoms in total. The summed E-state index contributed by atoms with van der Waals surface area (Å²) < 4.78 is 6.01. The van der Waals surface area contributed by atoms with Crippen molar-refractivity contribution in [2.75, 3.05) is 18.4 Å². The number of phenolic OH excluding ortho intramolecular Hbond substituents is 1. The highest BCUT2D eigenvalue weighted by molar-refractivity contribution is 7.10. The molecular weight excluding hydrogens is 510 g/mol. The molecule has 0 saturated carbocycles. The van der Waals surface area contributed by atoms with E-state index >= 15 is 0 Å². The van der Waals surface area contributed by atoms with Crippen LogP contribution in [0.4, 0.5) is 5.69 Å². The molecule has 2 heterocycles. The Morgan fingerprint density at radius 2 is 1.72 bits per heavy atom. The predicted molar refractivity (Wildman–Crippen MR) is 153 cm³/mol. The van der Waals surface area contributed by atoms with Gasteiger partial charge in [0, 0.05) is 30.1 Å². The number of amides is 2. The van der Waals surface area contributed by atoms with Crippen LogP contribution in [0.15, 0.2) is 72.1 Å². The zero-order valence-corrected chi connectivity index (χ0v) is 22.8. The van der Waals surface area contributed by atoms with E-state index in [4.69, 9.17) is 4.74 Å². The first kappa shape index (κ1) is 26.4. The highest BCUT2D eigenvalue weighted by Crippen LogP contribution is 2.32. The molecule has 4 aromatic rings. The summed E-state index contributed by atoms with van der Waals surface area (Å²) in [5.74, 6) is 0.682. The Balaban J connectivity index is 1.19. The van der Waals surface area contributed by atoms with Gasteiger partial charge in [0.2, 0.25) is 0 Å². The number of likely N-dealkylation sites (tertiary alicyclic amines) is 1. The molecule has 1 aromatic heterocycles. The highest BCUT2D eigenvalue weighted by atomic mass is 32.1. The number of anilines is 1. The smallest absolute Gasteiger partial charge is 0.275 e. The first-order valence-electron chi connectivity index (χ1n) is 13.0. The number of nitrogens with one attached hydrogen (secondary N) is 1. The molecule has 5 rings (SSSR count). The second kappa shape index (κ2) is 11.7. The number of thiazole rings is 1. The van der Waals surface area contributed by atoms with Crippen molar-refractivity contribution in [3.8, 4) is 11.5 Å². The van der Waals surface area contributed by atoms with E-state index in [0.29, 0.717) is 42.4 Å². The fourth-order valence-electron chi connectivity index (χ4n) is 4.71. The van der Waals surface area contributed by atoms with Crippen molar-refractivity contribution in [2.45, 2.75) is 39.2 Å². The minimum Gasteiger partial charge on any atom is -0.508 e. The second-order valence-corrected chi connectivity index (χ2v) is 10.6. The minimum atomic E-state index is -0.273. The van der Waals surface area contributed by atoms with E-state index in [0.717, 1.165) is 34.5 Å². The lowest BCUT2D eigenvalue weighted by molar-refractivity contribution is 0.0708. The van der Waals surface area contributed by atoms with Crippen molar-refractivity contribution in [3.05, 3.63) is 105 Å². The number of rotatable bonds is 7. The lowest BCUT2D eigenvalue weighted by Gasteiger charge is -2.31. The molecule has 1 fully saturated rings. The number of para-hydroxylation sites is 1. The molecule has 0 atom stereocenters. The number of piperidine rings is 1. The molecule has 39 heavy (non-hydrogen) atoms. The third-order valence-electron chi connectivity index (χ3n) is 7.25. The van der Waals surface area contributed by atoms with E-state index in [9.17, 15) is 14.7 Å². The molecular formula is C31H31N3O4S. The van der Waals surface area contributed by atoms with Crippen LogP contribution < -0.4 is 10.1 Å². The van der Waals surface area contributed by atoms with Crippen molar-refractivity contribution in [2.24, 2.45) is 0 Å². The number of nitrogens with zero attached hydrogens (tertiary/aromatic N) is 2. The Morgan fingerprint density at radius 1 is 1.00 bits per heavy atom. The average molecular weight is 542 g/mol. The molecule has 0 bridgehead atoms. The molecule has 0 unspecified atom stereocenters. The van der Waals surface area contributed by atoms with E-state index in [-0.39, 0.29) is 23.5 Å². The first-order chi connectivity index (χ1) is 18.9. The molecule has 0 radical (unpaired) electrons. The maximum Gasteiger partial charge on any atom is 0.275 e. The van der Waals surface area contributed by atoms with Crippen LogP contribution in [-0.2, 0) is 6.61 Å². The Hall–Kier alpha value is -4.17. The minimum absolute atomic E-state index is 0.0316. The van der Waals surface area contributed by atoms with Crippen LogP contribution >= 0.6 is 11.3 Å². The number of benzene rings is 3. The monoisotopic (exact) mass is 541 g/mol. The zero-order chi connectivity index (χ0) is 27.4. The van der Waals surface area contributed by atoms with Crippen LogP contribution in [0.1, 0.15) is 61.3 Å². The number of ether oxygens (including phenoxy) is 1. The molecule has 2 amide bonds. The number of hydrogen-bond acceptors (Lipinski definition) is 6. The average Bonchev–Trinajstić information content (AvgIpc) is 3.47. The molecule has 3 aromatic carbocycles. The molecule has 1 aliphatic heterocycles. The van der Waals surface area contributed by atoms with Crippen molar-refractivity contribution in [1.82, 2.24) is 9.88 Å². The Morgan fingerprint density at radius 3 is 2.49 bits per heavy atom. The van der Waals surface area contributed by atoms with Crippen LogP contribution in [0.25, 0.3) is 0 Å². The van der Waals surface area contributed by atoms with Gasteiger partial charge in [-0.05, 0) is 67.6 Å². The molecule has 1 saturated heterocycles. The van der Waals surface area contributed by atoms with Gasteiger partial charge in [-0.3, -0.25) is 9.59 Å². The molecule has 200 valence electrons. The van der Waals surface area contributed by atoms with Gasteiger partial charge < -0.3 is 20.1 Å². The quantitative estimate of drug-likeness (QED) is 0.267. The predicted octanol–water partition coefficient (Wildman–Crippen LogP) is 6.32. The number of aromatic hydroxyl groups is 1. The maximum atomic E-state index is 13.4. The summed E-state index contributed by atoms with van der Waals surface area (Å²) in [6, 6.07) is 20.6. The Bertz CT molecular complexity index is 1480. The van der Waals surface area contributed by atoms with Crippen LogP contribution in [0.3, 0.4) is 0 Å². The third kappa shape index (κ3) is 5.96. The Kier molecular flexibility index (Phi) is 7.93. The van der Waals surface area contributed by atoms with Crippen molar-refractivity contribution in [1.29, 1.82) is 0 Å². The fourth-order valence-corrected chi connectivity index (χ4v) is 5.68. The van der Waals surface area contributed by atoms with Gasteiger partial charge in [-0.25, -0.2) is 4.98 Å². The van der Waals surface area contributed by atoms with Gasteiger partial charge in [0.15, 0.2) is 0 Å². The fraction of sp³-hybridized carbons (Fsp3) is 0.258. The maximum absolute atomic E-state index is 13.4. The summed E-state index contributed by atoms with van der Waals surface area (Å²) in [6.07, 6.45) is 1.56. The van der Waals surface area contributed by atoms with Crippen LogP contribution in [0, 0.1) is 13.8 Å². The largest absolute Gasteiger partial charge is 0.508 e. The number of phenols is 1. The van der Waals surface area contributed by atoms with Gasteiger partial charge >= 0.3 is 0 Å². The molecule has 0 aliphatic carbocycles. The summed E-state index contributed by atoms with van der Waals surface area (Å²) in [5.41, 5.74) is 4.21. The van der Waals surface area contributed by atoms with E-state index in [1.54, 1.807) is 17.5 Å². The van der Waals surface area contributed by atoms with Crippen LogP contribution in [0.5, 0.6) is 11.5 Å². The summed E-state index contributed by atoms with van der Waals surface area (Å²) >= 11 is 1.48. The number of carbonyl (C=O) groups excluding carboxylic acids is 2. The molecule has 1 aliphatic rings. The third-order valence-corrected chi connectivity index (χ3v) is 8.25. The summed E-state index contributed by atoms with van der Waals surface area (Å²) in [7, 11) is 0. The number of carbonyl (C=O) groups is 2. The van der Waals surface area contributed by atoms with Gasteiger partial charge in [0.25, 0.3) is 11.8 Å². The number of aromatic nitrogens is 1. The first-order valence-corrected chi connectivity index (χ1v) is 13.9. The van der Waals surface area contributed by atoms with Gasteiger partial charge in [-0.2, -0.15) is 0 Å². The summed E-state index contributed by atoms with van der Waals surface area (Å²) in [6.45, 7) is 5.31. The standard InChI is InChI=1S/C31H31N3O4S/c1-20-21(2)27(35)13-12-25(20)32-29(36)26-19-39-30(33-26)23-14-16-34(17-15-23)31(37)24-10-6-7-11-28(24)38-18-22-8-4-3-5-9-22/h3-13,19,23,35H,14-18H2,1-2H3,(H,32,36). The second-order valence-electron chi connectivity index (χ2n) is 9.74. The van der Waals surface area contributed by atoms with E-state index in [1.807, 2.05) is 73.3 Å².